The van der Waals surface area contributed by atoms with Crippen LogP contribution < -0.4 is 5.32 Å². The number of benzene rings is 1. The molecule has 1 aliphatic rings. The number of rotatable bonds is 4. The molecule has 0 aromatic heterocycles. The van der Waals surface area contributed by atoms with Gasteiger partial charge >= 0.3 is 0 Å². The molecule has 0 heterocycles. The topological polar surface area (TPSA) is 87.0 Å². The molecular formula is C16H20N2O3S. The summed E-state index contributed by atoms with van der Waals surface area (Å²) in [5, 5.41) is 11.4. The van der Waals surface area contributed by atoms with Gasteiger partial charge in [0.25, 0.3) is 5.91 Å². The van der Waals surface area contributed by atoms with E-state index < -0.39 is 15.1 Å². The van der Waals surface area contributed by atoms with Gasteiger partial charge in [0.2, 0.25) is 0 Å². The maximum absolute atomic E-state index is 12.2. The minimum absolute atomic E-state index is 0.114. The van der Waals surface area contributed by atoms with Crippen molar-refractivity contribution in [2.24, 2.45) is 5.92 Å². The lowest BCUT2D eigenvalue weighted by Crippen LogP contribution is -2.36. The Kier molecular flexibility index (Phi) is 4.87. The van der Waals surface area contributed by atoms with Gasteiger partial charge in [0.05, 0.1) is 22.1 Å². The molecule has 2 rings (SSSR count). The SMILES string of the molecule is CC(C)S(=O)(=O)c1ccc(C(=O)NC2CCCC2C#N)cc1. The molecule has 1 aliphatic carbocycles. The minimum atomic E-state index is -3.33. The van der Waals surface area contributed by atoms with Crippen LogP contribution in [0.2, 0.25) is 0 Å². The number of nitriles is 1. The molecule has 22 heavy (non-hydrogen) atoms. The summed E-state index contributed by atoms with van der Waals surface area (Å²) in [6, 6.07) is 8.05. The van der Waals surface area contributed by atoms with Crippen molar-refractivity contribution in [2.75, 3.05) is 0 Å². The highest BCUT2D eigenvalue weighted by Crippen LogP contribution is 2.25. The molecule has 0 aliphatic heterocycles. The maximum Gasteiger partial charge on any atom is 0.251 e. The lowest BCUT2D eigenvalue weighted by molar-refractivity contribution is 0.0932. The van der Waals surface area contributed by atoms with Gasteiger partial charge in [-0.1, -0.05) is 0 Å². The van der Waals surface area contributed by atoms with Crippen molar-refractivity contribution >= 4 is 15.7 Å². The van der Waals surface area contributed by atoms with Crippen molar-refractivity contribution in [1.29, 1.82) is 5.26 Å². The first-order chi connectivity index (χ1) is 10.4. The first-order valence-electron chi connectivity index (χ1n) is 7.40. The van der Waals surface area contributed by atoms with E-state index in [1.165, 1.54) is 24.3 Å². The molecule has 6 heteroatoms. The average molecular weight is 320 g/mol. The smallest absolute Gasteiger partial charge is 0.251 e. The predicted molar refractivity (Wildman–Crippen MR) is 83.0 cm³/mol. The van der Waals surface area contributed by atoms with Gasteiger partial charge in [-0.15, -0.1) is 0 Å². The maximum atomic E-state index is 12.2. The van der Waals surface area contributed by atoms with Crippen LogP contribution in [0.5, 0.6) is 0 Å². The van der Waals surface area contributed by atoms with Crippen LogP contribution in [0.4, 0.5) is 0 Å². The molecule has 1 amide bonds. The van der Waals surface area contributed by atoms with Crippen molar-refractivity contribution in [3.63, 3.8) is 0 Å². The summed E-state index contributed by atoms with van der Waals surface area (Å²) in [5.41, 5.74) is 0.409. The fourth-order valence-corrected chi connectivity index (χ4v) is 3.67. The van der Waals surface area contributed by atoms with Crippen LogP contribution in [0.1, 0.15) is 43.5 Å². The lowest BCUT2D eigenvalue weighted by Gasteiger charge is -2.15. The molecule has 0 radical (unpaired) electrons. The van der Waals surface area contributed by atoms with E-state index in [0.717, 1.165) is 19.3 Å². The third-order valence-electron chi connectivity index (χ3n) is 4.06. The Balaban J connectivity index is 2.11. The number of nitrogens with zero attached hydrogens (tertiary/aromatic N) is 1. The molecule has 1 fully saturated rings. The molecule has 1 N–H and O–H groups in total. The van der Waals surface area contributed by atoms with Gasteiger partial charge in [0, 0.05) is 11.6 Å². The van der Waals surface area contributed by atoms with Gasteiger partial charge < -0.3 is 5.32 Å². The van der Waals surface area contributed by atoms with Crippen LogP contribution in [0, 0.1) is 17.2 Å². The Morgan fingerprint density at radius 2 is 1.91 bits per heavy atom. The summed E-state index contributed by atoms with van der Waals surface area (Å²) < 4.78 is 24.1. The highest BCUT2D eigenvalue weighted by Gasteiger charge is 2.28. The lowest BCUT2D eigenvalue weighted by atomic mass is 10.1. The quantitative estimate of drug-likeness (QED) is 0.922. The molecular weight excluding hydrogens is 300 g/mol. The Hall–Kier alpha value is -1.87. The Labute approximate surface area is 131 Å². The fraction of sp³-hybridized carbons (Fsp3) is 0.500. The van der Waals surface area contributed by atoms with Gasteiger partial charge in [0.1, 0.15) is 0 Å². The van der Waals surface area contributed by atoms with E-state index >= 15 is 0 Å². The molecule has 0 saturated heterocycles. The zero-order valence-electron chi connectivity index (χ0n) is 12.7. The summed E-state index contributed by atoms with van der Waals surface area (Å²) in [5.74, 6) is -0.398. The summed E-state index contributed by atoms with van der Waals surface area (Å²) in [6.07, 6.45) is 2.56. The second kappa shape index (κ2) is 6.49. The normalized spacial score (nSPS) is 21.5. The molecule has 5 nitrogen and oxygen atoms in total. The van der Waals surface area contributed by atoms with E-state index in [1.54, 1.807) is 13.8 Å². The Morgan fingerprint density at radius 1 is 1.27 bits per heavy atom. The standard InChI is InChI=1S/C16H20N2O3S/c1-11(2)22(20,21)14-8-6-12(7-9-14)16(19)18-15-5-3-4-13(15)10-17/h6-9,11,13,15H,3-5H2,1-2H3,(H,18,19). The molecule has 1 aromatic rings. The number of carbonyl (C=O) groups excluding carboxylic acids is 1. The zero-order valence-corrected chi connectivity index (χ0v) is 13.6. The first-order valence-corrected chi connectivity index (χ1v) is 8.95. The first kappa shape index (κ1) is 16.5. The number of sulfone groups is 1. The van der Waals surface area contributed by atoms with Gasteiger partial charge in [-0.2, -0.15) is 5.26 Å². The second-order valence-corrected chi connectivity index (χ2v) is 8.37. The average Bonchev–Trinajstić information content (AvgIpc) is 2.94. The summed E-state index contributed by atoms with van der Waals surface area (Å²) in [7, 11) is -3.33. The van der Waals surface area contributed by atoms with Crippen LogP contribution in [-0.4, -0.2) is 25.6 Å². The summed E-state index contributed by atoms with van der Waals surface area (Å²) >= 11 is 0. The molecule has 118 valence electrons. The number of hydrogen-bond donors (Lipinski definition) is 1. The van der Waals surface area contributed by atoms with Gasteiger partial charge in [-0.05, 0) is 57.4 Å². The van der Waals surface area contributed by atoms with E-state index in [4.69, 9.17) is 5.26 Å². The van der Waals surface area contributed by atoms with E-state index in [2.05, 4.69) is 11.4 Å². The number of carbonyl (C=O) groups is 1. The molecule has 0 bridgehead atoms. The van der Waals surface area contributed by atoms with E-state index in [1.807, 2.05) is 0 Å². The fourth-order valence-electron chi connectivity index (χ4n) is 2.61. The highest BCUT2D eigenvalue weighted by molar-refractivity contribution is 7.92. The van der Waals surface area contributed by atoms with Crippen LogP contribution in [0.3, 0.4) is 0 Å². The number of nitrogens with one attached hydrogen (secondary N) is 1. The summed E-state index contributed by atoms with van der Waals surface area (Å²) in [4.78, 5) is 12.4. The predicted octanol–water partition coefficient (Wildman–Crippen LogP) is 2.29. The monoisotopic (exact) mass is 320 g/mol. The van der Waals surface area contributed by atoms with Crippen LogP contribution in [0.15, 0.2) is 29.2 Å². The molecule has 0 spiro atoms. The van der Waals surface area contributed by atoms with E-state index in [0.29, 0.717) is 5.56 Å². The molecule has 2 unspecified atom stereocenters. The second-order valence-electron chi connectivity index (χ2n) is 5.86. The minimum Gasteiger partial charge on any atom is -0.348 e. The third kappa shape index (κ3) is 3.30. The molecule has 2 atom stereocenters. The Bertz CT molecular complexity index is 687. The van der Waals surface area contributed by atoms with Gasteiger partial charge in [0.15, 0.2) is 9.84 Å². The van der Waals surface area contributed by atoms with Crippen molar-refractivity contribution in [1.82, 2.24) is 5.32 Å². The van der Waals surface area contributed by atoms with Crippen molar-refractivity contribution in [3.05, 3.63) is 29.8 Å². The molecule has 1 aromatic carbocycles. The highest BCUT2D eigenvalue weighted by atomic mass is 32.2. The van der Waals surface area contributed by atoms with Gasteiger partial charge in [-0.3, -0.25) is 4.79 Å². The van der Waals surface area contributed by atoms with Crippen LogP contribution in [0.25, 0.3) is 0 Å². The van der Waals surface area contributed by atoms with Gasteiger partial charge in [-0.25, -0.2) is 8.42 Å². The Morgan fingerprint density at radius 3 is 2.45 bits per heavy atom. The van der Waals surface area contributed by atoms with Crippen LogP contribution >= 0.6 is 0 Å². The third-order valence-corrected chi connectivity index (χ3v) is 6.23. The van der Waals surface area contributed by atoms with Crippen LogP contribution in [-0.2, 0) is 9.84 Å². The zero-order chi connectivity index (χ0) is 16.3. The van der Waals surface area contributed by atoms with Crippen molar-refractivity contribution < 1.29 is 13.2 Å². The largest absolute Gasteiger partial charge is 0.348 e. The van der Waals surface area contributed by atoms with E-state index in [9.17, 15) is 13.2 Å². The summed E-state index contributed by atoms with van der Waals surface area (Å²) in [6.45, 7) is 3.25. The van der Waals surface area contributed by atoms with Crippen molar-refractivity contribution in [3.8, 4) is 6.07 Å². The number of hydrogen-bond acceptors (Lipinski definition) is 4. The van der Waals surface area contributed by atoms with E-state index in [-0.39, 0.29) is 22.8 Å². The number of amides is 1. The van der Waals surface area contributed by atoms with Crippen molar-refractivity contribution in [2.45, 2.75) is 49.3 Å². The molecule has 1 saturated carbocycles.